The highest BCUT2D eigenvalue weighted by Crippen LogP contribution is 2.17. The van der Waals surface area contributed by atoms with Gasteiger partial charge >= 0.3 is 0 Å². The lowest BCUT2D eigenvalue weighted by molar-refractivity contribution is 0.559. The standard InChI is InChI=1S/C9H11ClO2S/c10-6-9(7-13(11)12)8-4-2-1-3-5-8/h1-5,9H,6-7H2,(H,11,12). The number of alkyl halides is 1. The molecule has 2 unspecified atom stereocenters. The summed E-state index contributed by atoms with van der Waals surface area (Å²) in [6.07, 6.45) is 0. The zero-order valence-electron chi connectivity index (χ0n) is 7.02. The molecule has 0 spiro atoms. The third-order valence-corrected chi connectivity index (χ3v) is 2.86. The normalized spacial score (nSPS) is 15.2. The maximum atomic E-state index is 10.6. The molecular weight excluding hydrogens is 208 g/mol. The van der Waals surface area contributed by atoms with E-state index in [1.54, 1.807) is 0 Å². The van der Waals surface area contributed by atoms with Crippen LogP contribution >= 0.6 is 11.6 Å². The van der Waals surface area contributed by atoms with Gasteiger partial charge in [0, 0.05) is 11.8 Å². The second-order valence-electron chi connectivity index (χ2n) is 2.75. The fourth-order valence-corrected chi connectivity index (χ4v) is 2.20. The van der Waals surface area contributed by atoms with Crippen molar-refractivity contribution in [1.82, 2.24) is 0 Å². The van der Waals surface area contributed by atoms with Gasteiger partial charge in [0.2, 0.25) is 0 Å². The Morgan fingerprint density at radius 2 is 2.00 bits per heavy atom. The summed E-state index contributed by atoms with van der Waals surface area (Å²) in [6, 6.07) is 9.54. The zero-order chi connectivity index (χ0) is 9.68. The number of halogens is 1. The fourth-order valence-electron chi connectivity index (χ4n) is 1.13. The quantitative estimate of drug-likeness (QED) is 0.622. The van der Waals surface area contributed by atoms with Crippen LogP contribution in [-0.4, -0.2) is 20.4 Å². The summed E-state index contributed by atoms with van der Waals surface area (Å²) in [5.74, 6) is 0.540. The molecule has 0 heterocycles. The molecule has 2 atom stereocenters. The minimum absolute atomic E-state index is 0.0336. The summed E-state index contributed by atoms with van der Waals surface area (Å²) in [6.45, 7) is 0. The average molecular weight is 219 g/mol. The highest BCUT2D eigenvalue weighted by atomic mass is 35.5. The van der Waals surface area contributed by atoms with Gasteiger partial charge in [0.25, 0.3) is 0 Å². The molecule has 2 nitrogen and oxygen atoms in total. The summed E-state index contributed by atoms with van der Waals surface area (Å²) in [5, 5.41) is 0. The van der Waals surface area contributed by atoms with Crippen LogP contribution in [-0.2, 0) is 11.1 Å². The van der Waals surface area contributed by atoms with Crippen LogP contribution in [0.2, 0.25) is 0 Å². The first-order chi connectivity index (χ1) is 6.24. The third-order valence-electron chi connectivity index (χ3n) is 1.80. The maximum absolute atomic E-state index is 10.6. The Hall–Kier alpha value is -0.380. The van der Waals surface area contributed by atoms with Crippen molar-refractivity contribution in [3.63, 3.8) is 0 Å². The lowest BCUT2D eigenvalue weighted by atomic mass is 10.0. The topological polar surface area (TPSA) is 37.3 Å². The average Bonchev–Trinajstić information content (AvgIpc) is 2.15. The predicted molar refractivity (Wildman–Crippen MR) is 55.5 cm³/mol. The van der Waals surface area contributed by atoms with Gasteiger partial charge in [-0.3, -0.25) is 0 Å². The first-order valence-corrected chi connectivity index (χ1v) is 5.73. The molecule has 0 amide bonds. The van der Waals surface area contributed by atoms with Crippen LogP contribution in [0.3, 0.4) is 0 Å². The second kappa shape index (κ2) is 5.37. The maximum Gasteiger partial charge on any atom is 0.153 e. The van der Waals surface area contributed by atoms with E-state index in [-0.39, 0.29) is 11.7 Å². The van der Waals surface area contributed by atoms with Crippen LogP contribution in [0.4, 0.5) is 0 Å². The minimum Gasteiger partial charge on any atom is -0.306 e. The molecule has 0 saturated carbocycles. The predicted octanol–water partition coefficient (Wildman–Crippen LogP) is 2.23. The van der Waals surface area contributed by atoms with Gasteiger partial charge in [0.15, 0.2) is 11.1 Å². The number of hydrogen-bond acceptors (Lipinski definition) is 1. The smallest absolute Gasteiger partial charge is 0.153 e. The lowest BCUT2D eigenvalue weighted by Gasteiger charge is -2.11. The molecule has 72 valence electrons. The Kier molecular flexibility index (Phi) is 4.42. The van der Waals surface area contributed by atoms with Crippen LogP contribution in [0.5, 0.6) is 0 Å². The Labute approximate surface area is 85.2 Å². The van der Waals surface area contributed by atoms with Gasteiger partial charge in [-0.05, 0) is 5.56 Å². The SMILES string of the molecule is O=S(O)CC(CCl)c1ccccc1. The van der Waals surface area contributed by atoms with Crippen molar-refractivity contribution >= 4 is 22.7 Å². The van der Waals surface area contributed by atoms with Crippen molar-refractivity contribution in [2.45, 2.75) is 5.92 Å². The van der Waals surface area contributed by atoms with E-state index in [9.17, 15) is 4.21 Å². The lowest BCUT2D eigenvalue weighted by Crippen LogP contribution is -2.10. The molecule has 0 bridgehead atoms. The van der Waals surface area contributed by atoms with Crippen molar-refractivity contribution < 1.29 is 8.76 Å². The first kappa shape index (κ1) is 10.7. The van der Waals surface area contributed by atoms with Crippen molar-refractivity contribution in [3.05, 3.63) is 35.9 Å². The summed E-state index contributed by atoms with van der Waals surface area (Å²) < 4.78 is 19.3. The van der Waals surface area contributed by atoms with E-state index >= 15 is 0 Å². The van der Waals surface area contributed by atoms with Gasteiger partial charge in [-0.1, -0.05) is 30.3 Å². The molecule has 0 aromatic heterocycles. The Morgan fingerprint density at radius 3 is 2.46 bits per heavy atom. The Morgan fingerprint density at radius 1 is 1.38 bits per heavy atom. The highest BCUT2D eigenvalue weighted by molar-refractivity contribution is 7.79. The van der Waals surface area contributed by atoms with Crippen LogP contribution < -0.4 is 0 Å². The van der Waals surface area contributed by atoms with Crippen LogP contribution in [0.15, 0.2) is 30.3 Å². The van der Waals surface area contributed by atoms with E-state index in [0.717, 1.165) is 5.56 Å². The molecule has 1 rings (SSSR count). The molecule has 0 aliphatic rings. The van der Waals surface area contributed by atoms with Crippen LogP contribution in [0, 0.1) is 0 Å². The van der Waals surface area contributed by atoms with E-state index in [4.69, 9.17) is 16.2 Å². The fraction of sp³-hybridized carbons (Fsp3) is 0.333. The third kappa shape index (κ3) is 3.46. The molecule has 0 aliphatic heterocycles. The van der Waals surface area contributed by atoms with Crippen molar-refractivity contribution in [2.24, 2.45) is 0 Å². The summed E-state index contributed by atoms with van der Waals surface area (Å²) >= 11 is 3.92. The Bertz CT molecular complexity index is 276. The molecule has 0 fully saturated rings. The van der Waals surface area contributed by atoms with Gasteiger partial charge in [-0.2, -0.15) is 0 Å². The van der Waals surface area contributed by atoms with E-state index in [1.807, 2.05) is 30.3 Å². The molecule has 0 radical (unpaired) electrons. The van der Waals surface area contributed by atoms with Gasteiger partial charge in [0.05, 0.1) is 5.75 Å². The van der Waals surface area contributed by atoms with Crippen LogP contribution in [0.1, 0.15) is 11.5 Å². The Balaban J connectivity index is 2.73. The van der Waals surface area contributed by atoms with E-state index < -0.39 is 11.1 Å². The van der Waals surface area contributed by atoms with Gasteiger partial charge in [0.1, 0.15) is 0 Å². The number of benzene rings is 1. The van der Waals surface area contributed by atoms with Gasteiger partial charge in [-0.15, -0.1) is 11.6 Å². The van der Waals surface area contributed by atoms with Crippen LogP contribution in [0.25, 0.3) is 0 Å². The van der Waals surface area contributed by atoms with Gasteiger partial charge in [-0.25, -0.2) is 4.21 Å². The zero-order valence-corrected chi connectivity index (χ0v) is 8.59. The molecule has 0 aliphatic carbocycles. The molecule has 1 aromatic carbocycles. The van der Waals surface area contributed by atoms with Crippen molar-refractivity contribution in [2.75, 3.05) is 11.6 Å². The number of rotatable bonds is 4. The van der Waals surface area contributed by atoms with E-state index in [1.165, 1.54) is 0 Å². The van der Waals surface area contributed by atoms with Crippen molar-refractivity contribution in [1.29, 1.82) is 0 Å². The molecule has 1 N–H and O–H groups in total. The highest BCUT2D eigenvalue weighted by Gasteiger charge is 2.12. The summed E-state index contributed by atoms with van der Waals surface area (Å²) in [5.41, 5.74) is 1.01. The largest absolute Gasteiger partial charge is 0.306 e. The summed E-state index contributed by atoms with van der Waals surface area (Å²) in [4.78, 5) is 0. The second-order valence-corrected chi connectivity index (χ2v) is 4.03. The molecule has 1 aromatic rings. The van der Waals surface area contributed by atoms with Gasteiger partial charge < -0.3 is 4.55 Å². The number of hydrogen-bond donors (Lipinski definition) is 1. The van der Waals surface area contributed by atoms with Crippen molar-refractivity contribution in [3.8, 4) is 0 Å². The van der Waals surface area contributed by atoms with E-state index in [0.29, 0.717) is 5.88 Å². The minimum atomic E-state index is -1.78. The van der Waals surface area contributed by atoms with E-state index in [2.05, 4.69) is 0 Å². The monoisotopic (exact) mass is 218 g/mol. The molecular formula is C9H11ClO2S. The molecule has 0 saturated heterocycles. The molecule has 13 heavy (non-hydrogen) atoms. The molecule has 4 heteroatoms. The first-order valence-electron chi connectivity index (χ1n) is 3.92. The summed E-state index contributed by atoms with van der Waals surface area (Å²) in [7, 11) is 0.